The summed E-state index contributed by atoms with van der Waals surface area (Å²) < 4.78 is 0.984. The summed E-state index contributed by atoms with van der Waals surface area (Å²) in [6, 6.07) is 21.2. The maximum Gasteiger partial charge on any atom is 0.246 e. The first kappa shape index (κ1) is 22.5. The molecular weight excluding hydrogens is 466 g/mol. The fourth-order valence-electron chi connectivity index (χ4n) is 4.31. The largest absolute Gasteiger partial charge is 0.342 e. The third-order valence-electron chi connectivity index (χ3n) is 6.03. The van der Waals surface area contributed by atoms with Crippen LogP contribution in [0.5, 0.6) is 0 Å². The standard InChI is InChI=1S/C26H28BrN3O2/c27-22-12-9-18(10-13-22)17-30-24(7-3-4-14-28)25(31)29-23(26(30)32)16-19-8-11-20-5-1-2-6-21(20)15-19/h1-2,5-6,8-13,15,23-24H,3-4,7,14,16-17,28H2,(H,29,31)/t23-,24-/m0/s1. The van der Waals surface area contributed by atoms with Crippen LogP contribution in [0.2, 0.25) is 0 Å². The second-order valence-electron chi connectivity index (χ2n) is 8.34. The quantitative estimate of drug-likeness (QED) is 0.462. The van der Waals surface area contributed by atoms with Crippen molar-refractivity contribution < 1.29 is 9.59 Å². The minimum Gasteiger partial charge on any atom is -0.342 e. The Morgan fingerprint density at radius 2 is 1.62 bits per heavy atom. The lowest BCUT2D eigenvalue weighted by Crippen LogP contribution is -2.63. The molecule has 1 saturated heterocycles. The number of hydrogen-bond acceptors (Lipinski definition) is 3. The summed E-state index contributed by atoms with van der Waals surface area (Å²) >= 11 is 3.45. The Morgan fingerprint density at radius 1 is 0.906 bits per heavy atom. The molecule has 32 heavy (non-hydrogen) atoms. The predicted molar refractivity (Wildman–Crippen MR) is 131 cm³/mol. The number of fused-ring (bicyclic) bond motifs is 1. The number of carbonyl (C=O) groups is 2. The maximum atomic E-state index is 13.5. The summed E-state index contributed by atoms with van der Waals surface area (Å²) in [5.41, 5.74) is 7.68. The minimum absolute atomic E-state index is 0.0292. The molecule has 1 aliphatic heterocycles. The minimum atomic E-state index is -0.565. The number of carbonyl (C=O) groups excluding carboxylic acids is 2. The Morgan fingerprint density at radius 3 is 2.38 bits per heavy atom. The lowest BCUT2D eigenvalue weighted by molar-refractivity contribution is -0.150. The van der Waals surface area contributed by atoms with Crippen LogP contribution in [0.25, 0.3) is 10.8 Å². The number of piperazine rings is 1. The molecule has 6 heteroatoms. The van der Waals surface area contributed by atoms with Gasteiger partial charge in [0.2, 0.25) is 11.8 Å². The molecule has 1 fully saturated rings. The summed E-state index contributed by atoms with van der Waals surface area (Å²) in [5, 5.41) is 5.29. The van der Waals surface area contributed by atoms with Crippen molar-refractivity contribution in [3.05, 3.63) is 82.3 Å². The Balaban J connectivity index is 1.56. The van der Waals surface area contributed by atoms with E-state index in [1.165, 1.54) is 0 Å². The monoisotopic (exact) mass is 493 g/mol. The van der Waals surface area contributed by atoms with Gasteiger partial charge in [-0.3, -0.25) is 9.59 Å². The first-order valence-electron chi connectivity index (χ1n) is 11.1. The number of nitrogens with zero attached hydrogens (tertiary/aromatic N) is 1. The van der Waals surface area contributed by atoms with Gasteiger partial charge in [-0.15, -0.1) is 0 Å². The highest BCUT2D eigenvalue weighted by Gasteiger charge is 2.40. The average molecular weight is 494 g/mol. The van der Waals surface area contributed by atoms with Crippen LogP contribution in [0, 0.1) is 0 Å². The molecule has 0 bridgehead atoms. The Bertz CT molecular complexity index is 1100. The second kappa shape index (κ2) is 10.3. The summed E-state index contributed by atoms with van der Waals surface area (Å²) in [6.07, 6.45) is 2.74. The Labute approximate surface area is 197 Å². The molecule has 166 valence electrons. The van der Waals surface area contributed by atoms with Crippen LogP contribution in [0.15, 0.2) is 71.2 Å². The van der Waals surface area contributed by atoms with Gasteiger partial charge in [-0.25, -0.2) is 0 Å². The van der Waals surface area contributed by atoms with Crippen LogP contribution in [-0.4, -0.2) is 35.3 Å². The number of amides is 2. The van der Waals surface area contributed by atoms with Crippen molar-refractivity contribution in [2.75, 3.05) is 6.54 Å². The van der Waals surface area contributed by atoms with Crippen molar-refractivity contribution in [3.8, 4) is 0 Å². The zero-order valence-corrected chi connectivity index (χ0v) is 19.6. The molecule has 0 aromatic heterocycles. The van der Waals surface area contributed by atoms with Crippen LogP contribution >= 0.6 is 15.9 Å². The molecule has 1 aliphatic rings. The van der Waals surface area contributed by atoms with Crippen molar-refractivity contribution >= 4 is 38.5 Å². The van der Waals surface area contributed by atoms with Crippen LogP contribution in [0.4, 0.5) is 0 Å². The van der Waals surface area contributed by atoms with Crippen molar-refractivity contribution in [1.82, 2.24) is 10.2 Å². The molecule has 0 aliphatic carbocycles. The highest BCUT2D eigenvalue weighted by molar-refractivity contribution is 9.10. The lowest BCUT2D eigenvalue weighted by Gasteiger charge is -2.39. The number of unbranched alkanes of at least 4 members (excludes halogenated alkanes) is 1. The van der Waals surface area contributed by atoms with Crippen molar-refractivity contribution in [3.63, 3.8) is 0 Å². The SMILES string of the molecule is NCCCC[C@H]1C(=O)N[C@@H](Cc2ccc3ccccc3c2)C(=O)N1Cc1ccc(Br)cc1. The van der Waals surface area contributed by atoms with Gasteiger partial charge in [-0.1, -0.05) is 70.5 Å². The molecule has 0 spiro atoms. The van der Waals surface area contributed by atoms with E-state index in [0.29, 0.717) is 25.9 Å². The number of halogens is 1. The van der Waals surface area contributed by atoms with E-state index in [4.69, 9.17) is 5.73 Å². The van der Waals surface area contributed by atoms with E-state index >= 15 is 0 Å². The number of nitrogens with two attached hydrogens (primary N) is 1. The van der Waals surface area contributed by atoms with Crippen molar-refractivity contribution in [2.45, 2.75) is 44.3 Å². The zero-order valence-electron chi connectivity index (χ0n) is 18.0. The number of benzene rings is 3. The average Bonchev–Trinajstić information content (AvgIpc) is 2.80. The first-order valence-corrected chi connectivity index (χ1v) is 11.9. The predicted octanol–water partition coefficient (Wildman–Crippen LogP) is 4.17. The highest BCUT2D eigenvalue weighted by atomic mass is 79.9. The summed E-state index contributed by atoms with van der Waals surface area (Å²) in [7, 11) is 0. The number of nitrogens with one attached hydrogen (secondary N) is 1. The summed E-state index contributed by atoms with van der Waals surface area (Å²) in [5.74, 6) is -0.108. The first-order chi connectivity index (χ1) is 15.5. The molecule has 0 unspecified atom stereocenters. The Hall–Kier alpha value is -2.70. The summed E-state index contributed by atoms with van der Waals surface area (Å²) in [4.78, 5) is 28.3. The van der Waals surface area contributed by atoms with E-state index in [9.17, 15) is 9.59 Å². The fraction of sp³-hybridized carbons (Fsp3) is 0.308. The third kappa shape index (κ3) is 5.19. The van der Waals surface area contributed by atoms with Gasteiger partial charge in [0.15, 0.2) is 0 Å². The smallest absolute Gasteiger partial charge is 0.246 e. The van der Waals surface area contributed by atoms with E-state index in [2.05, 4.69) is 45.5 Å². The van der Waals surface area contributed by atoms with E-state index in [1.54, 1.807) is 4.90 Å². The van der Waals surface area contributed by atoms with Gasteiger partial charge in [0, 0.05) is 17.4 Å². The van der Waals surface area contributed by atoms with E-state index in [0.717, 1.165) is 39.2 Å². The fourth-order valence-corrected chi connectivity index (χ4v) is 4.57. The molecule has 0 radical (unpaired) electrons. The van der Waals surface area contributed by atoms with Gasteiger partial charge in [-0.2, -0.15) is 0 Å². The maximum absolute atomic E-state index is 13.5. The van der Waals surface area contributed by atoms with Crippen molar-refractivity contribution in [2.24, 2.45) is 5.73 Å². The summed E-state index contributed by atoms with van der Waals surface area (Å²) in [6.45, 7) is 1.00. The molecule has 3 aromatic rings. The number of rotatable bonds is 8. The molecule has 1 heterocycles. The van der Waals surface area contributed by atoms with E-state index < -0.39 is 12.1 Å². The molecule has 3 aromatic carbocycles. The van der Waals surface area contributed by atoms with Crippen LogP contribution < -0.4 is 11.1 Å². The van der Waals surface area contributed by atoms with Gasteiger partial charge in [0.1, 0.15) is 12.1 Å². The molecule has 0 saturated carbocycles. The molecule has 5 nitrogen and oxygen atoms in total. The van der Waals surface area contributed by atoms with Gasteiger partial charge < -0.3 is 16.0 Å². The van der Waals surface area contributed by atoms with Gasteiger partial charge >= 0.3 is 0 Å². The molecule has 4 rings (SSSR count). The lowest BCUT2D eigenvalue weighted by atomic mass is 9.96. The van der Waals surface area contributed by atoms with E-state index in [1.807, 2.05) is 42.5 Å². The van der Waals surface area contributed by atoms with Gasteiger partial charge in [-0.05, 0) is 59.8 Å². The molecule has 2 atom stereocenters. The van der Waals surface area contributed by atoms with Crippen LogP contribution in [0.1, 0.15) is 30.4 Å². The second-order valence-corrected chi connectivity index (χ2v) is 9.26. The topological polar surface area (TPSA) is 75.4 Å². The van der Waals surface area contributed by atoms with Crippen LogP contribution in [0.3, 0.4) is 0 Å². The van der Waals surface area contributed by atoms with Crippen molar-refractivity contribution in [1.29, 1.82) is 0 Å². The zero-order chi connectivity index (χ0) is 22.5. The highest BCUT2D eigenvalue weighted by Crippen LogP contribution is 2.23. The Kier molecular flexibility index (Phi) is 7.22. The van der Waals surface area contributed by atoms with Gasteiger partial charge in [0.25, 0.3) is 0 Å². The van der Waals surface area contributed by atoms with Crippen LogP contribution in [-0.2, 0) is 22.6 Å². The molecular formula is C26H28BrN3O2. The van der Waals surface area contributed by atoms with E-state index in [-0.39, 0.29) is 11.8 Å². The number of hydrogen-bond donors (Lipinski definition) is 2. The third-order valence-corrected chi connectivity index (χ3v) is 6.56. The molecule has 3 N–H and O–H groups in total. The normalized spacial score (nSPS) is 18.8. The van der Waals surface area contributed by atoms with Gasteiger partial charge in [0.05, 0.1) is 0 Å². The molecule has 2 amide bonds.